The van der Waals surface area contributed by atoms with Crippen molar-refractivity contribution in [2.45, 2.75) is 57.2 Å². The molecule has 10 nitrogen and oxygen atoms in total. The highest BCUT2D eigenvalue weighted by molar-refractivity contribution is 6.04. The summed E-state index contributed by atoms with van der Waals surface area (Å²) in [5.74, 6) is -0.678. The number of anilines is 1. The zero-order chi connectivity index (χ0) is 24.5. The summed E-state index contributed by atoms with van der Waals surface area (Å²) >= 11 is 0. The first-order chi connectivity index (χ1) is 16.9. The third-order valence-corrected chi connectivity index (χ3v) is 6.97. The summed E-state index contributed by atoms with van der Waals surface area (Å²) in [7, 11) is 0. The number of piperidine rings is 1. The molecule has 2 fully saturated rings. The molecule has 0 bridgehead atoms. The number of nitrogens with one attached hydrogen (secondary N) is 6. The molecule has 3 amide bonds. The number of allylic oxidation sites excluding steroid dienone is 1. The summed E-state index contributed by atoms with van der Waals surface area (Å²) in [6.45, 7) is 1.90. The van der Waals surface area contributed by atoms with Crippen molar-refractivity contribution in [3.63, 3.8) is 0 Å². The Morgan fingerprint density at radius 2 is 1.97 bits per heavy atom. The smallest absolute Gasteiger partial charge is 0.249 e. The van der Waals surface area contributed by atoms with Gasteiger partial charge in [-0.3, -0.25) is 24.7 Å². The summed E-state index contributed by atoms with van der Waals surface area (Å²) in [6, 6.07) is 6.91. The van der Waals surface area contributed by atoms with Crippen LogP contribution in [-0.2, 0) is 14.4 Å². The van der Waals surface area contributed by atoms with Crippen molar-refractivity contribution in [2.75, 3.05) is 5.32 Å². The zero-order valence-electron chi connectivity index (χ0n) is 19.5. The molecule has 0 aromatic heterocycles. The minimum atomic E-state index is -0.681. The minimum Gasteiger partial charge on any atom is -0.371 e. The molecule has 3 atom stereocenters. The highest BCUT2D eigenvalue weighted by Crippen LogP contribution is 2.38. The number of carbonyl (C=O) groups excluding carboxylic acids is 3. The van der Waals surface area contributed by atoms with Crippen molar-refractivity contribution in [3.05, 3.63) is 46.7 Å². The van der Waals surface area contributed by atoms with Gasteiger partial charge in [-0.05, 0) is 50.3 Å². The summed E-state index contributed by atoms with van der Waals surface area (Å²) in [5.41, 5.74) is 11.8. The fourth-order valence-corrected chi connectivity index (χ4v) is 4.61. The lowest BCUT2D eigenvalue weighted by Gasteiger charge is -2.34. The lowest BCUT2D eigenvalue weighted by Crippen LogP contribution is -2.54. The summed E-state index contributed by atoms with van der Waals surface area (Å²) < 4.78 is 0. The Morgan fingerprint density at radius 1 is 1.17 bits per heavy atom. The van der Waals surface area contributed by atoms with Gasteiger partial charge in [0, 0.05) is 41.6 Å². The predicted molar refractivity (Wildman–Crippen MR) is 132 cm³/mol. The van der Waals surface area contributed by atoms with E-state index in [2.05, 4.69) is 31.8 Å². The standard InChI is InChI=1S/C25H29N7O3/c1-13-15(24(34)29-19-8-9-22(33)30-25(19)35)10-20(13)31-32-23(14-6-7-14)16(11-26)21-12-27-17-4-2-3-5-18(17)28-21/h2-5,11-12,14,19-21,26,28,31-32H,6-10H2,1H3,(H,29,34)(H,30,33,35)/b23-16+,26-11?/t19?,20-,21?/m0/s1. The summed E-state index contributed by atoms with van der Waals surface area (Å²) in [4.78, 5) is 40.4. The molecule has 2 aliphatic heterocycles. The number of fused-ring (bicyclic) bond motifs is 1. The molecule has 35 heavy (non-hydrogen) atoms. The lowest BCUT2D eigenvalue weighted by molar-refractivity contribution is -0.136. The Kier molecular flexibility index (Phi) is 6.21. The van der Waals surface area contributed by atoms with E-state index < -0.39 is 11.9 Å². The average Bonchev–Trinajstić information content (AvgIpc) is 3.69. The lowest BCUT2D eigenvalue weighted by atomic mass is 9.83. The van der Waals surface area contributed by atoms with Gasteiger partial charge in [0.2, 0.25) is 17.7 Å². The van der Waals surface area contributed by atoms with Gasteiger partial charge in [0.05, 0.1) is 23.5 Å². The third-order valence-electron chi connectivity index (χ3n) is 6.97. The Bertz CT molecular complexity index is 1180. The van der Waals surface area contributed by atoms with E-state index in [1.807, 2.05) is 37.4 Å². The number of amides is 3. The van der Waals surface area contributed by atoms with E-state index in [0.717, 1.165) is 41.1 Å². The molecule has 2 aliphatic carbocycles. The SMILES string of the molecule is CC1=C(C(=O)NC2CCC(=O)NC2=O)C[C@@H]1NN/C(=C(\C=N)C1C=Nc2ccccc2N1)C1CC1. The van der Waals surface area contributed by atoms with Gasteiger partial charge in [-0.1, -0.05) is 12.1 Å². The van der Waals surface area contributed by atoms with Gasteiger partial charge in [-0.2, -0.15) is 0 Å². The molecule has 0 radical (unpaired) electrons. The van der Waals surface area contributed by atoms with E-state index in [4.69, 9.17) is 5.41 Å². The van der Waals surface area contributed by atoms with Gasteiger partial charge in [0.25, 0.3) is 0 Å². The number of hydrazine groups is 1. The third kappa shape index (κ3) is 4.74. The predicted octanol–water partition coefficient (Wildman–Crippen LogP) is 1.60. The number of aliphatic imine (C=N–C) groups is 1. The van der Waals surface area contributed by atoms with Crippen LogP contribution in [0, 0.1) is 11.3 Å². The van der Waals surface area contributed by atoms with Crippen LogP contribution in [0.1, 0.15) is 39.0 Å². The number of hydrogen-bond donors (Lipinski definition) is 6. The highest BCUT2D eigenvalue weighted by Gasteiger charge is 2.36. The fraction of sp³-hybridized carbons (Fsp3) is 0.400. The molecule has 182 valence electrons. The van der Waals surface area contributed by atoms with Crippen LogP contribution in [-0.4, -0.2) is 48.3 Å². The van der Waals surface area contributed by atoms with E-state index in [1.165, 1.54) is 6.21 Å². The molecule has 10 heteroatoms. The Balaban J connectivity index is 1.23. The van der Waals surface area contributed by atoms with Crippen molar-refractivity contribution >= 4 is 41.5 Å². The highest BCUT2D eigenvalue weighted by atomic mass is 16.2. The molecule has 4 aliphatic rings. The fourth-order valence-electron chi connectivity index (χ4n) is 4.61. The van der Waals surface area contributed by atoms with E-state index in [0.29, 0.717) is 24.3 Å². The maximum atomic E-state index is 12.7. The number of rotatable bonds is 8. The number of carbonyl (C=O) groups is 3. The van der Waals surface area contributed by atoms with Crippen molar-refractivity contribution < 1.29 is 14.4 Å². The number of benzene rings is 1. The summed E-state index contributed by atoms with van der Waals surface area (Å²) in [6.07, 6.45) is 6.38. The molecule has 6 N–H and O–H groups in total. The monoisotopic (exact) mass is 475 g/mol. The first kappa shape index (κ1) is 23.0. The van der Waals surface area contributed by atoms with Crippen LogP contribution < -0.4 is 26.8 Å². The molecule has 1 saturated carbocycles. The number of para-hydroxylation sites is 2. The first-order valence-electron chi connectivity index (χ1n) is 11.9. The molecule has 5 rings (SSSR count). The first-order valence-corrected chi connectivity index (χ1v) is 11.9. The molecule has 0 spiro atoms. The number of hydrogen-bond acceptors (Lipinski definition) is 8. The Hall–Kier alpha value is -3.79. The molecular weight excluding hydrogens is 446 g/mol. The second-order valence-corrected chi connectivity index (χ2v) is 9.37. The number of nitrogens with zero attached hydrogens (tertiary/aromatic N) is 1. The second kappa shape index (κ2) is 9.46. The van der Waals surface area contributed by atoms with Crippen LogP contribution in [0.5, 0.6) is 0 Å². The van der Waals surface area contributed by atoms with Crippen molar-refractivity contribution in [3.8, 4) is 0 Å². The van der Waals surface area contributed by atoms with Crippen LogP contribution in [0.15, 0.2) is 51.7 Å². The van der Waals surface area contributed by atoms with Crippen LogP contribution in [0.3, 0.4) is 0 Å². The van der Waals surface area contributed by atoms with Gasteiger partial charge in [-0.15, -0.1) is 0 Å². The molecule has 2 unspecified atom stereocenters. The molecule has 1 aromatic carbocycles. The molecule has 2 heterocycles. The van der Waals surface area contributed by atoms with E-state index in [1.54, 1.807) is 0 Å². The van der Waals surface area contributed by atoms with E-state index >= 15 is 0 Å². The molecule has 1 aromatic rings. The summed E-state index contributed by atoms with van der Waals surface area (Å²) in [5, 5.41) is 16.5. The van der Waals surface area contributed by atoms with Crippen LogP contribution in [0.25, 0.3) is 0 Å². The van der Waals surface area contributed by atoms with Gasteiger partial charge < -0.3 is 21.5 Å². The van der Waals surface area contributed by atoms with Crippen LogP contribution >= 0.6 is 0 Å². The van der Waals surface area contributed by atoms with Crippen LogP contribution in [0.4, 0.5) is 11.4 Å². The van der Waals surface area contributed by atoms with Gasteiger partial charge in [-0.25, -0.2) is 5.43 Å². The van der Waals surface area contributed by atoms with E-state index in [-0.39, 0.29) is 30.3 Å². The topological polar surface area (TPSA) is 148 Å². The Labute approximate surface area is 203 Å². The Morgan fingerprint density at radius 3 is 2.69 bits per heavy atom. The minimum absolute atomic E-state index is 0.0352. The van der Waals surface area contributed by atoms with Crippen LogP contribution in [0.2, 0.25) is 0 Å². The maximum absolute atomic E-state index is 12.7. The van der Waals surface area contributed by atoms with Crippen molar-refractivity contribution in [1.29, 1.82) is 5.41 Å². The largest absolute Gasteiger partial charge is 0.371 e. The second-order valence-electron chi connectivity index (χ2n) is 9.37. The quantitative estimate of drug-likeness (QED) is 0.191. The van der Waals surface area contributed by atoms with Crippen molar-refractivity contribution in [1.82, 2.24) is 21.5 Å². The molecular formula is C25H29N7O3. The van der Waals surface area contributed by atoms with E-state index in [9.17, 15) is 14.4 Å². The normalized spacial score (nSPS) is 26.0. The number of imide groups is 1. The molecule has 1 saturated heterocycles. The average molecular weight is 476 g/mol. The maximum Gasteiger partial charge on any atom is 0.249 e. The van der Waals surface area contributed by atoms with Crippen molar-refractivity contribution in [2.24, 2.45) is 10.9 Å². The van der Waals surface area contributed by atoms with Gasteiger partial charge in [0.1, 0.15) is 6.04 Å². The van der Waals surface area contributed by atoms with Gasteiger partial charge in [0.15, 0.2) is 0 Å². The zero-order valence-corrected chi connectivity index (χ0v) is 19.5. The van der Waals surface area contributed by atoms with Gasteiger partial charge >= 0.3 is 0 Å².